The predicted octanol–water partition coefficient (Wildman–Crippen LogP) is 3.88. The number of carbonyl (C=O) groups excluding carboxylic acids is 2. The molecule has 25 heavy (non-hydrogen) atoms. The minimum absolute atomic E-state index is 0.0757. The Morgan fingerprint density at radius 3 is 2.52 bits per heavy atom. The lowest BCUT2D eigenvalue weighted by atomic mass is 9.77. The summed E-state index contributed by atoms with van der Waals surface area (Å²) in [7, 11) is 0. The number of fused-ring (bicyclic) bond motifs is 1. The summed E-state index contributed by atoms with van der Waals surface area (Å²) in [4.78, 5) is 29.2. The number of nitrogens with zero attached hydrogens (tertiary/aromatic N) is 1. The molecule has 1 aliphatic rings. The van der Waals surface area contributed by atoms with E-state index in [-0.39, 0.29) is 11.7 Å². The Hall–Kier alpha value is -2.49. The van der Waals surface area contributed by atoms with Crippen LogP contribution in [0.5, 0.6) is 0 Å². The minimum Gasteiger partial charge on any atom is -0.343 e. The van der Waals surface area contributed by atoms with Gasteiger partial charge in [0, 0.05) is 11.3 Å². The van der Waals surface area contributed by atoms with Crippen LogP contribution in [0, 0.1) is 13.8 Å². The molecule has 1 aromatic carbocycles. The third kappa shape index (κ3) is 3.21. The zero-order valence-electron chi connectivity index (χ0n) is 15.3. The van der Waals surface area contributed by atoms with Crippen LogP contribution >= 0.6 is 0 Å². The van der Waals surface area contributed by atoms with Crippen LogP contribution in [0.3, 0.4) is 0 Å². The molecule has 1 aliphatic carbocycles. The van der Waals surface area contributed by atoms with Crippen LogP contribution in [0.15, 0.2) is 30.3 Å². The first-order chi connectivity index (χ1) is 11.8. The third-order valence-corrected chi connectivity index (χ3v) is 5.15. The van der Waals surface area contributed by atoms with Gasteiger partial charge in [-0.25, -0.2) is 0 Å². The van der Waals surface area contributed by atoms with Crippen LogP contribution in [0.25, 0.3) is 0 Å². The zero-order valence-corrected chi connectivity index (χ0v) is 15.3. The molecule has 0 saturated heterocycles. The summed E-state index contributed by atoms with van der Waals surface area (Å²) in [6, 6.07) is 9.95. The molecular weight excluding hydrogens is 312 g/mol. The Balaban J connectivity index is 1.96. The summed E-state index contributed by atoms with van der Waals surface area (Å²) in [6.45, 7) is 7.18. The SMILES string of the molecule is CC(=O)c1cc(C(=O)NC2(C)CCCc3ccccc32)c(C)nc1C. The Morgan fingerprint density at radius 2 is 1.80 bits per heavy atom. The van der Waals surface area contributed by atoms with Gasteiger partial charge < -0.3 is 5.32 Å². The van der Waals surface area contributed by atoms with E-state index in [1.54, 1.807) is 13.0 Å². The number of rotatable bonds is 3. The molecule has 0 radical (unpaired) electrons. The standard InChI is InChI=1S/C21H24N2O2/c1-13-17(15(3)24)12-18(14(2)22-13)20(25)23-21(4)11-7-9-16-8-5-6-10-19(16)21/h5-6,8,10,12H,7,9,11H2,1-4H3,(H,23,25). The average molecular weight is 336 g/mol. The molecule has 1 aromatic heterocycles. The Bertz CT molecular complexity index is 857. The number of carbonyl (C=O) groups is 2. The van der Waals surface area contributed by atoms with E-state index in [9.17, 15) is 9.59 Å². The van der Waals surface area contributed by atoms with Crippen molar-refractivity contribution in [2.24, 2.45) is 0 Å². The summed E-state index contributed by atoms with van der Waals surface area (Å²) >= 11 is 0. The van der Waals surface area contributed by atoms with E-state index in [2.05, 4.69) is 29.4 Å². The Morgan fingerprint density at radius 1 is 1.12 bits per heavy atom. The van der Waals surface area contributed by atoms with Gasteiger partial charge in [-0.3, -0.25) is 14.6 Å². The van der Waals surface area contributed by atoms with Crippen LogP contribution in [0.2, 0.25) is 0 Å². The molecule has 3 rings (SSSR count). The maximum absolute atomic E-state index is 13.0. The Kier molecular flexibility index (Phi) is 4.46. The molecule has 4 heteroatoms. The summed E-state index contributed by atoms with van der Waals surface area (Å²) in [5, 5.41) is 3.20. The number of pyridine rings is 1. The highest BCUT2D eigenvalue weighted by molar-refractivity contribution is 6.01. The van der Waals surface area contributed by atoms with Gasteiger partial charge in [0.05, 0.1) is 16.8 Å². The van der Waals surface area contributed by atoms with Gasteiger partial charge in [0.1, 0.15) is 0 Å². The summed E-state index contributed by atoms with van der Waals surface area (Å²) in [5.74, 6) is -0.250. The van der Waals surface area contributed by atoms with E-state index < -0.39 is 5.54 Å². The number of aromatic nitrogens is 1. The fourth-order valence-corrected chi connectivity index (χ4v) is 3.80. The van der Waals surface area contributed by atoms with Crippen molar-refractivity contribution in [3.05, 3.63) is 64.0 Å². The number of hydrogen-bond acceptors (Lipinski definition) is 3. The van der Waals surface area contributed by atoms with Gasteiger partial charge >= 0.3 is 0 Å². The highest BCUT2D eigenvalue weighted by atomic mass is 16.2. The van der Waals surface area contributed by atoms with Crippen LogP contribution in [-0.4, -0.2) is 16.7 Å². The van der Waals surface area contributed by atoms with Gasteiger partial charge in [-0.05, 0) is 64.2 Å². The van der Waals surface area contributed by atoms with Crippen LogP contribution in [-0.2, 0) is 12.0 Å². The molecule has 1 N–H and O–H groups in total. The lowest BCUT2D eigenvalue weighted by Gasteiger charge is -2.37. The number of Topliss-reactive ketones (excluding diaryl/α,β-unsaturated/α-hetero) is 1. The van der Waals surface area contributed by atoms with Gasteiger partial charge in [0.25, 0.3) is 5.91 Å². The average Bonchev–Trinajstić information content (AvgIpc) is 2.54. The molecule has 1 unspecified atom stereocenters. The lowest BCUT2D eigenvalue weighted by Crippen LogP contribution is -2.46. The van der Waals surface area contributed by atoms with Crippen molar-refractivity contribution in [3.63, 3.8) is 0 Å². The van der Waals surface area contributed by atoms with Gasteiger partial charge in [0.2, 0.25) is 0 Å². The maximum Gasteiger partial charge on any atom is 0.253 e. The molecule has 1 amide bonds. The molecule has 130 valence electrons. The van der Waals surface area contributed by atoms with Crippen molar-refractivity contribution in [3.8, 4) is 0 Å². The van der Waals surface area contributed by atoms with Crippen molar-refractivity contribution >= 4 is 11.7 Å². The summed E-state index contributed by atoms with van der Waals surface area (Å²) < 4.78 is 0. The highest BCUT2D eigenvalue weighted by Crippen LogP contribution is 2.35. The van der Waals surface area contributed by atoms with Gasteiger partial charge in [-0.2, -0.15) is 0 Å². The van der Waals surface area contributed by atoms with Crippen LogP contribution in [0.4, 0.5) is 0 Å². The predicted molar refractivity (Wildman–Crippen MR) is 97.9 cm³/mol. The van der Waals surface area contributed by atoms with Crippen molar-refractivity contribution < 1.29 is 9.59 Å². The topological polar surface area (TPSA) is 59.1 Å². The van der Waals surface area contributed by atoms with Crippen molar-refractivity contribution in [2.45, 2.75) is 52.5 Å². The van der Waals surface area contributed by atoms with E-state index in [4.69, 9.17) is 0 Å². The first-order valence-electron chi connectivity index (χ1n) is 8.72. The lowest BCUT2D eigenvalue weighted by molar-refractivity contribution is 0.0894. The summed E-state index contributed by atoms with van der Waals surface area (Å²) in [5.41, 5.74) is 4.35. The van der Waals surface area contributed by atoms with Gasteiger partial charge in [-0.1, -0.05) is 24.3 Å². The van der Waals surface area contributed by atoms with E-state index >= 15 is 0 Å². The monoisotopic (exact) mass is 336 g/mol. The number of aryl methyl sites for hydroxylation is 3. The fourth-order valence-electron chi connectivity index (χ4n) is 3.80. The molecule has 4 nitrogen and oxygen atoms in total. The second-order valence-corrected chi connectivity index (χ2v) is 7.11. The van der Waals surface area contributed by atoms with Crippen molar-refractivity contribution in [1.82, 2.24) is 10.3 Å². The third-order valence-electron chi connectivity index (χ3n) is 5.15. The molecule has 0 fully saturated rings. The first-order valence-corrected chi connectivity index (χ1v) is 8.72. The number of ketones is 1. The van der Waals surface area contributed by atoms with Crippen molar-refractivity contribution in [1.29, 1.82) is 0 Å². The highest BCUT2D eigenvalue weighted by Gasteiger charge is 2.34. The minimum atomic E-state index is -0.403. The van der Waals surface area contributed by atoms with Crippen LogP contribution < -0.4 is 5.32 Å². The van der Waals surface area contributed by atoms with Gasteiger partial charge in [0.15, 0.2) is 5.78 Å². The maximum atomic E-state index is 13.0. The van der Waals surface area contributed by atoms with E-state index in [1.807, 2.05) is 19.1 Å². The number of amides is 1. The molecule has 1 atom stereocenters. The van der Waals surface area contributed by atoms with Crippen molar-refractivity contribution in [2.75, 3.05) is 0 Å². The molecule has 0 saturated carbocycles. The van der Waals surface area contributed by atoms with E-state index in [1.165, 1.54) is 18.1 Å². The number of benzene rings is 1. The molecular formula is C21H24N2O2. The number of hydrogen-bond donors (Lipinski definition) is 1. The quantitative estimate of drug-likeness (QED) is 0.865. The second-order valence-electron chi connectivity index (χ2n) is 7.11. The largest absolute Gasteiger partial charge is 0.343 e. The second kappa shape index (κ2) is 6.43. The first kappa shape index (κ1) is 17.3. The van der Waals surface area contributed by atoms with E-state index in [0.717, 1.165) is 19.3 Å². The molecule has 1 heterocycles. The van der Waals surface area contributed by atoms with E-state index in [0.29, 0.717) is 22.5 Å². The fraction of sp³-hybridized carbons (Fsp3) is 0.381. The molecule has 0 bridgehead atoms. The molecule has 2 aromatic rings. The normalized spacial score (nSPS) is 19.2. The Labute approximate surface area is 148 Å². The smallest absolute Gasteiger partial charge is 0.253 e. The number of nitrogens with one attached hydrogen (secondary N) is 1. The molecule has 0 aliphatic heterocycles. The molecule has 0 spiro atoms. The van der Waals surface area contributed by atoms with Gasteiger partial charge in [-0.15, -0.1) is 0 Å². The zero-order chi connectivity index (χ0) is 18.2. The van der Waals surface area contributed by atoms with Crippen LogP contribution in [0.1, 0.15) is 69.9 Å². The summed E-state index contributed by atoms with van der Waals surface area (Å²) in [6.07, 6.45) is 2.98.